The van der Waals surface area contributed by atoms with Gasteiger partial charge in [0.2, 0.25) is 0 Å². The molecule has 1 fully saturated rings. The molecular weight excluding hydrogens is 326 g/mol. The van der Waals surface area contributed by atoms with Crippen LogP contribution in [0.25, 0.3) is 0 Å². The first-order valence-electron chi connectivity index (χ1n) is 9.37. The highest BCUT2D eigenvalue weighted by Gasteiger charge is 2.19. The molecule has 0 bridgehead atoms. The normalized spacial score (nSPS) is 17.9. The first kappa shape index (κ1) is 18.5. The minimum Gasteiger partial charge on any atom is -0.477 e. The Morgan fingerprint density at radius 1 is 1.19 bits per heavy atom. The number of hydrogen-bond donors (Lipinski definition) is 2. The van der Waals surface area contributed by atoms with Gasteiger partial charge in [0.25, 0.3) is 0 Å². The number of nitrogens with one attached hydrogen (secondary N) is 1. The zero-order valence-electron chi connectivity index (χ0n) is 15.1. The molecule has 0 spiro atoms. The number of rotatable bonds is 8. The highest BCUT2D eigenvalue weighted by molar-refractivity contribution is 5.85. The summed E-state index contributed by atoms with van der Waals surface area (Å²) >= 11 is 0. The molecule has 0 aliphatic carbocycles. The molecule has 1 aromatic carbocycles. The van der Waals surface area contributed by atoms with Crippen molar-refractivity contribution in [1.82, 2.24) is 15.2 Å². The first-order chi connectivity index (χ1) is 12.7. The van der Waals surface area contributed by atoms with E-state index < -0.39 is 5.97 Å². The summed E-state index contributed by atoms with van der Waals surface area (Å²) in [7, 11) is 0. The SMILES string of the molecule is O=C(O)c1cccc(CNCC2CCCN(CCc3ccccc3)C2)n1. The van der Waals surface area contributed by atoms with Crippen LogP contribution in [0.3, 0.4) is 0 Å². The number of piperidine rings is 1. The summed E-state index contributed by atoms with van der Waals surface area (Å²) in [5, 5.41) is 12.5. The van der Waals surface area contributed by atoms with Crippen LogP contribution in [-0.2, 0) is 13.0 Å². The van der Waals surface area contributed by atoms with Crippen LogP contribution in [-0.4, -0.2) is 47.1 Å². The van der Waals surface area contributed by atoms with E-state index in [4.69, 9.17) is 5.11 Å². The average Bonchev–Trinajstić information content (AvgIpc) is 2.68. The molecule has 1 atom stereocenters. The summed E-state index contributed by atoms with van der Waals surface area (Å²) in [5.41, 5.74) is 2.29. The molecule has 0 saturated carbocycles. The standard InChI is InChI=1S/C21H27N3O2/c25-21(26)20-10-4-9-19(23-20)15-22-14-18-8-5-12-24(16-18)13-11-17-6-2-1-3-7-17/h1-4,6-7,9-10,18,22H,5,8,11-16H2,(H,25,26). The van der Waals surface area contributed by atoms with Crippen LogP contribution < -0.4 is 5.32 Å². The number of benzene rings is 1. The van der Waals surface area contributed by atoms with Crippen molar-refractivity contribution in [3.8, 4) is 0 Å². The summed E-state index contributed by atoms with van der Waals surface area (Å²) in [4.78, 5) is 17.7. The second kappa shape index (κ2) is 9.46. The average molecular weight is 353 g/mol. The largest absolute Gasteiger partial charge is 0.477 e. The number of nitrogens with zero attached hydrogens (tertiary/aromatic N) is 2. The Labute approximate surface area is 155 Å². The third kappa shape index (κ3) is 5.64. The van der Waals surface area contributed by atoms with Crippen LogP contribution in [0, 0.1) is 5.92 Å². The van der Waals surface area contributed by atoms with E-state index >= 15 is 0 Å². The highest BCUT2D eigenvalue weighted by Crippen LogP contribution is 2.16. The third-order valence-electron chi connectivity index (χ3n) is 4.93. The Morgan fingerprint density at radius 3 is 2.85 bits per heavy atom. The lowest BCUT2D eigenvalue weighted by atomic mass is 9.97. The molecule has 1 aliphatic rings. The van der Waals surface area contributed by atoms with Gasteiger partial charge in [-0.2, -0.15) is 0 Å². The number of carboxylic acids is 1. The molecule has 1 saturated heterocycles. The van der Waals surface area contributed by atoms with Crippen molar-refractivity contribution in [3.05, 3.63) is 65.5 Å². The number of aromatic carboxylic acids is 1. The number of carboxylic acid groups (broad SMARTS) is 1. The fourth-order valence-corrected chi connectivity index (χ4v) is 3.55. The third-order valence-corrected chi connectivity index (χ3v) is 4.93. The predicted octanol–water partition coefficient (Wildman–Crippen LogP) is 2.82. The zero-order valence-corrected chi connectivity index (χ0v) is 15.1. The van der Waals surface area contributed by atoms with Gasteiger partial charge in [-0.15, -0.1) is 0 Å². The van der Waals surface area contributed by atoms with Crippen molar-refractivity contribution in [2.75, 3.05) is 26.2 Å². The summed E-state index contributed by atoms with van der Waals surface area (Å²) in [6.45, 7) is 4.99. The topological polar surface area (TPSA) is 65.5 Å². The van der Waals surface area contributed by atoms with Gasteiger partial charge in [0.15, 0.2) is 0 Å². The van der Waals surface area contributed by atoms with Gasteiger partial charge >= 0.3 is 5.97 Å². The molecule has 138 valence electrons. The van der Waals surface area contributed by atoms with Crippen LogP contribution in [0.4, 0.5) is 0 Å². The number of pyridine rings is 1. The summed E-state index contributed by atoms with van der Waals surface area (Å²) < 4.78 is 0. The molecule has 3 rings (SSSR count). The number of carbonyl (C=O) groups is 1. The number of hydrogen-bond acceptors (Lipinski definition) is 4. The van der Waals surface area contributed by atoms with E-state index in [-0.39, 0.29) is 5.69 Å². The van der Waals surface area contributed by atoms with Gasteiger partial charge in [0.1, 0.15) is 5.69 Å². The second-order valence-corrected chi connectivity index (χ2v) is 6.99. The summed E-state index contributed by atoms with van der Waals surface area (Å²) in [5.74, 6) is -0.338. The van der Waals surface area contributed by atoms with E-state index in [9.17, 15) is 4.79 Å². The van der Waals surface area contributed by atoms with E-state index in [0.29, 0.717) is 12.5 Å². The fourth-order valence-electron chi connectivity index (χ4n) is 3.55. The lowest BCUT2D eigenvalue weighted by Gasteiger charge is -2.33. The minimum absolute atomic E-state index is 0.106. The van der Waals surface area contributed by atoms with Crippen molar-refractivity contribution in [2.45, 2.75) is 25.8 Å². The van der Waals surface area contributed by atoms with Crippen LogP contribution in [0.5, 0.6) is 0 Å². The molecule has 26 heavy (non-hydrogen) atoms. The molecule has 5 heteroatoms. The van der Waals surface area contributed by atoms with Crippen LogP contribution in [0.1, 0.15) is 34.6 Å². The quantitative estimate of drug-likeness (QED) is 0.764. The second-order valence-electron chi connectivity index (χ2n) is 6.99. The molecule has 1 aliphatic heterocycles. The van der Waals surface area contributed by atoms with E-state index in [1.807, 2.05) is 6.07 Å². The van der Waals surface area contributed by atoms with Gasteiger partial charge in [-0.25, -0.2) is 9.78 Å². The molecule has 2 N–H and O–H groups in total. The molecule has 0 amide bonds. The van der Waals surface area contributed by atoms with Gasteiger partial charge in [-0.1, -0.05) is 36.4 Å². The van der Waals surface area contributed by atoms with Gasteiger partial charge in [-0.05, 0) is 56.0 Å². The predicted molar refractivity (Wildman–Crippen MR) is 102 cm³/mol. The first-order valence-corrected chi connectivity index (χ1v) is 9.37. The zero-order chi connectivity index (χ0) is 18.2. The lowest BCUT2D eigenvalue weighted by molar-refractivity contribution is 0.0690. The van der Waals surface area contributed by atoms with Gasteiger partial charge in [0.05, 0.1) is 5.69 Å². The molecule has 1 unspecified atom stereocenters. The number of likely N-dealkylation sites (tertiary alicyclic amines) is 1. The van der Waals surface area contributed by atoms with Gasteiger partial charge < -0.3 is 15.3 Å². The van der Waals surface area contributed by atoms with E-state index in [1.165, 1.54) is 31.0 Å². The maximum absolute atomic E-state index is 11.0. The van der Waals surface area contributed by atoms with Gasteiger partial charge in [0, 0.05) is 19.6 Å². The minimum atomic E-state index is -0.979. The maximum atomic E-state index is 11.0. The van der Waals surface area contributed by atoms with Crippen molar-refractivity contribution in [2.24, 2.45) is 5.92 Å². The van der Waals surface area contributed by atoms with Crippen molar-refractivity contribution >= 4 is 5.97 Å². The highest BCUT2D eigenvalue weighted by atomic mass is 16.4. The van der Waals surface area contributed by atoms with Crippen LogP contribution in [0.2, 0.25) is 0 Å². The molecule has 0 radical (unpaired) electrons. The van der Waals surface area contributed by atoms with Crippen molar-refractivity contribution in [3.63, 3.8) is 0 Å². The Kier molecular flexibility index (Phi) is 6.75. The molecule has 5 nitrogen and oxygen atoms in total. The Bertz CT molecular complexity index is 705. The van der Waals surface area contributed by atoms with E-state index in [2.05, 4.69) is 45.5 Å². The molecule has 2 aromatic rings. The summed E-state index contributed by atoms with van der Waals surface area (Å²) in [6.07, 6.45) is 3.60. The van der Waals surface area contributed by atoms with Crippen molar-refractivity contribution < 1.29 is 9.90 Å². The fraction of sp³-hybridized carbons (Fsp3) is 0.429. The Morgan fingerprint density at radius 2 is 2.04 bits per heavy atom. The summed E-state index contributed by atoms with van der Waals surface area (Å²) in [6, 6.07) is 15.8. The van der Waals surface area contributed by atoms with Crippen molar-refractivity contribution in [1.29, 1.82) is 0 Å². The maximum Gasteiger partial charge on any atom is 0.354 e. The Balaban J connectivity index is 1.41. The molecule has 2 heterocycles. The number of aromatic nitrogens is 1. The monoisotopic (exact) mass is 353 g/mol. The van der Waals surface area contributed by atoms with E-state index in [0.717, 1.165) is 31.7 Å². The van der Waals surface area contributed by atoms with Crippen LogP contribution >= 0.6 is 0 Å². The smallest absolute Gasteiger partial charge is 0.354 e. The van der Waals surface area contributed by atoms with Crippen LogP contribution in [0.15, 0.2) is 48.5 Å². The van der Waals surface area contributed by atoms with E-state index in [1.54, 1.807) is 6.07 Å². The molecule has 1 aromatic heterocycles. The Hall–Kier alpha value is -2.24. The molecular formula is C21H27N3O2. The lowest BCUT2D eigenvalue weighted by Crippen LogP contribution is -2.40. The van der Waals surface area contributed by atoms with Gasteiger partial charge in [-0.3, -0.25) is 0 Å².